The van der Waals surface area contributed by atoms with Crippen LogP contribution >= 0.6 is 22.7 Å². The minimum atomic E-state index is 0.317. The Hall–Kier alpha value is -0.750. The third kappa shape index (κ3) is 3.23. The van der Waals surface area contributed by atoms with Crippen LogP contribution in [0, 0.1) is 5.92 Å². The van der Waals surface area contributed by atoms with Crippen LogP contribution in [0.25, 0.3) is 10.6 Å². The highest BCUT2D eigenvalue weighted by Crippen LogP contribution is 2.27. The highest BCUT2D eigenvalue weighted by Gasteiger charge is 2.22. The Morgan fingerprint density at radius 1 is 1.42 bits per heavy atom. The first-order valence-electron chi connectivity index (χ1n) is 6.65. The Kier molecular flexibility index (Phi) is 4.28. The normalized spacial score (nSPS) is 20.2. The van der Waals surface area contributed by atoms with E-state index in [9.17, 15) is 0 Å². The zero-order valence-corrected chi connectivity index (χ0v) is 12.4. The summed E-state index contributed by atoms with van der Waals surface area (Å²) >= 11 is 3.45. The number of aliphatic hydroxyl groups is 1. The van der Waals surface area contributed by atoms with Crippen molar-refractivity contribution in [3.63, 3.8) is 0 Å². The maximum atomic E-state index is 8.98. The molecule has 2 aromatic heterocycles. The van der Waals surface area contributed by atoms with E-state index in [4.69, 9.17) is 10.1 Å². The van der Waals surface area contributed by atoms with E-state index in [1.807, 2.05) is 0 Å². The number of aromatic nitrogens is 1. The van der Waals surface area contributed by atoms with Gasteiger partial charge in [0.25, 0.3) is 0 Å². The second-order valence-electron chi connectivity index (χ2n) is 5.06. The van der Waals surface area contributed by atoms with E-state index in [-0.39, 0.29) is 0 Å². The van der Waals surface area contributed by atoms with Crippen LogP contribution in [0.5, 0.6) is 0 Å². The van der Waals surface area contributed by atoms with Gasteiger partial charge in [0.15, 0.2) is 0 Å². The van der Waals surface area contributed by atoms with E-state index < -0.39 is 0 Å². The third-order valence-electron chi connectivity index (χ3n) is 3.61. The third-order valence-corrected chi connectivity index (χ3v) is 5.24. The van der Waals surface area contributed by atoms with Crippen molar-refractivity contribution in [2.24, 2.45) is 5.92 Å². The van der Waals surface area contributed by atoms with Crippen LogP contribution < -0.4 is 0 Å². The molecule has 102 valence electrons. The number of likely N-dealkylation sites (tertiary alicyclic amines) is 1. The minimum Gasteiger partial charge on any atom is -0.396 e. The lowest BCUT2D eigenvalue weighted by molar-refractivity contribution is 0.249. The van der Waals surface area contributed by atoms with Gasteiger partial charge >= 0.3 is 0 Å². The summed E-state index contributed by atoms with van der Waals surface area (Å²) in [4.78, 5) is 7.17. The smallest absolute Gasteiger partial charge is 0.124 e. The van der Waals surface area contributed by atoms with E-state index in [0.717, 1.165) is 31.1 Å². The van der Waals surface area contributed by atoms with Crippen molar-refractivity contribution in [2.75, 3.05) is 19.7 Å². The van der Waals surface area contributed by atoms with Crippen LogP contribution in [0.1, 0.15) is 18.5 Å². The molecule has 3 rings (SSSR count). The molecule has 1 N–H and O–H groups in total. The van der Waals surface area contributed by atoms with Gasteiger partial charge < -0.3 is 5.11 Å². The van der Waals surface area contributed by atoms with Gasteiger partial charge in [0.05, 0.1) is 5.69 Å². The largest absolute Gasteiger partial charge is 0.396 e. The molecule has 3 nitrogen and oxygen atoms in total. The number of thiophene rings is 1. The summed E-state index contributed by atoms with van der Waals surface area (Å²) < 4.78 is 0. The predicted molar refractivity (Wildman–Crippen MR) is 80.5 cm³/mol. The molecule has 2 aromatic rings. The summed E-state index contributed by atoms with van der Waals surface area (Å²) in [6, 6.07) is 2.13. The van der Waals surface area contributed by atoms with E-state index in [0.29, 0.717) is 12.5 Å². The maximum absolute atomic E-state index is 8.98. The monoisotopic (exact) mass is 294 g/mol. The Morgan fingerprint density at radius 2 is 2.37 bits per heavy atom. The van der Waals surface area contributed by atoms with Crippen molar-refractivity contribution < 1.29 is 5.11 Å². The lowest BCUT2D eigenvalue weighted by atomic mass is 10.1. The fraction of sp³-hybridized carbons (Fsp3) is 0.500. The van der Waals surface area contributed by atoms with Gasteiger partial charge in [-0.15, -0.1) is 11.3 Å². The number of rotatable bonds is 5. The first-order valence-corrected chi connectivity index (χ1v) is 8.47. The summed E-state index contributed by atoms with van der Waals surface area (Å²) in [5, 5.41) is 16.5. The molecule has 0 radical (unpaired) electrons. The topological polar surface area (TPSA) is 36.4 Å². The summed E-state index contributed by atoms with van der Waals surface area (Å²) in [6.45, 7) is 3.50. The maximum Gasteiger partial charge on any atom is 0.124 e. The summed E-state index contributed by atoms with van der Waals surface area (Å²) in [5.74, 6) is 0.667. The molecule has 0 aromatic carbocycles. The van der Waals surface area contributed by atoms with Gasteiger partial charge in [0.2, 0.25) is 0 Å². The molecule has 1 aliphatic rings. The van der Waals surface area contributed by atoms with Gasteiger partial charge in [-0.2, -0.15) is 11.3 Å². The molecule has 0 spiro atoms. The first kappa shape index (κ1) is 13.2. The van der Waals surface area contributed by atoms with Gasteiger partial charge in [-0.3, -0.25) is 4.90 Å². The zero-order valence-electron chi connectivity index (χ0n) is 10.8. The van der Waals surface area contributed by atoms with Crippen LogP contribution in [0.2, 0.25) is 0 Å². The number of aliphatic hydroxyl groups excluding tert-OH is 1. The average molecular weight is 294 g/mol. The Bertz CT molecular complexity index is 509. The zero-order chi connectivity index (χ0) is 13.1. The Balaban J connectivity index is 1.59. The lowest BCUT2D eigenvalue weighted by Gasteiger charge is -2.13. The molecule has 1 saturated heterocycles. The molecule has 1 fully saturated rings. The molecule has 1 atom stereocenters. The van der Waals surface area contributed by atoms with Crippen LogP contribution in [-0.2, 0) is 6.54 Å². The summed E-state index contributed by atoms with van der Waals surface area (Å²) in [7, 11) is 0. The van der Waals surface area contributed by atoms with E-state index in [1.54, 1.807) is 22.7 Å². The molecule has 1 aliphatic heterocycles. The molecule has 0 aliphatic carbocycles. The molecular weight excluding hydrogens is 276 g/mol. The van der Waals surface area contributed by atoms with Crippen molar-refractivity contribution in [1.82, 2.24) is 9.88 Å². The van der Waals surface area contributed by atoms with Gasteiger partial charge in [0.1, 0.15) is 5.01 Å². The van der Waals surface area contributed by atoms with Crippen LogP contribution in [0.3, 0.4) is 0 Å². The lowest BCUT2D eigenvalue weighted by Crippen LogP contribution is -2.20. The van der Waals surface area contributed by atoms with Crippen LogP contribution in [0.4, 0.5) is 0 Å². The van der Waals surface area contributed by atoms with Crippen molar-refractivity contribution >= 4 is 22.7 Å². The number of thiazole rings is 1. The quantitative estimate of drug-likeness (QED) is 0.920. The fourth-order valence-corrected chi connectivity index (χ4v) is 4.13. The van der Waals surface area contributed by atoms with Crippen molar-refractivity contribution in [2.45, 2.75) is 19.4 Å². The molecule has 1 unspecified atom stereocenters. The van der Waals surface area contributed by atoms with Gasteiger partial charge in [-0.1, -0.05) is 0 Å². The SMILES string of the molecule is OCCC1CCN(Cc2csc(-c3ccsc3)n2)C1. The highest BCUT2D eigenvalue weighted by molar-refractivity contribution is 7.14. The van der Waals surface area contributed by atoms with Gasteiger partial charge in [0, 0.05) is 36.0 Å². The Labute approximate surface area is 121 Å². The van der Waals surface area contributed by atoms with Crippen molar-refractivity contribution in [3.8, 4) is 10.6 Å². The summed E-state index contributed by atoms with van der Waals surface area (Å²) in [5.41, 5.74) is 2.41. The molecule has 3 heterocycles. The van der Waals surface area contributed by atoms with Crippen molar-refractivity contribution in [3.05, 3.63) is 27.9 Å². The molecule has 0 amide bonds. The number of hydrogen-bond acceptors (Lipinski definition) is 5. The van der Waals surface area contributed by atoms with E-state index >= 15 is 0 Å². The average Bonchev–Trinajstić information content (AvgIpc) is 3.10. The van der Waals surface area contributed by atoms with Gasteiger partial charge in [-0.05, 0) is 36.8 Å². The predicted octanol–water partition coefficient (Wildman–Crippen LogP) is 3.08. The molecule has 5 heteroatoms. The van der Waals surface area contributed by atoms with Crippen molar-refractivity contribution in [1.29, 1.82) is 0 Å². The van der Waals surface area contributed by atoms with Crippen LogP contribution in [0.15, 0.2) is 22.2 Å². The second kappa shape index (κ2) is 6.13. The second-order valence-corrected chi connectivity index (χ2v) is 6.70. The van der Waals surface area contributed by atoms with E-state index in [1.165, 1.54) is 17.7 Å². The van der Waals surface area contributed by atoms with E-state index in [2.05, 4.69) is 27.1 Å². The molecule has 19 heavy (non-hydrogen) atoms. The van der Waals surface area contributed by atoms with Gasteiger partial charge in [-0.25, -0.2) is 4.98 Å². The standard InChI is InChI=1S/C14H18N2OS2/c17-5-2-11-1-4-16(7-11)8-13-10-19-14(15-13)12-3-6-18-9-12/h3,6,9-11,17H,1-2,4-5,7-8H2. The number of nitrogens with zero attached hydrogens (tertiary/aromatic N) is 2. The first-order chi connectivity index (χ1) is 9.35. The van der Waals surface area contributed by atoms with Crippen LogP contribution in [-0.4, -0.2) is 34.7 Å². The fourth-order valence-electron chi connectivity index (χ4n) is 2.60. The molecule has 0 bridgehead atoms. The number of hydrogen-bond donors (Lipinski definition) is 1. The highest BCUT2D eigenvalue weighted by atomic mass is 32.1. The molecular formula is C14H18N2OS2. The molecule has 0 saturated carbocycles. The Morgan fingerprint density at radius 3 is 3.16 bits per heavy atom. The summed E-state index contributed by atoms with van der Waals surface area (Å²) in [6.07, 6.45) is 2.15. The minimum absolute atomic E-state index is 0.317.